The Morgan fingerprint density at radius 2 is 1.88 bits per heavy atom. The third-order valence-electron chi connectivity index (χ3n) is 5.44. The predicted octanol–water partition coefficient (Wildman–Crippen LogP) is 4.50. The number of nitrogens with one attached hydrogen (secondary N) is 2. The molecule has 0 saturated carbocycles. The Morgan fingerprint density at radius 3 is 2.56 bits per heavy atom. The van der Waals surface area contributed by atoms with Gasteiger partial charge in [-0.2, -0.15) is 5.10 Å². The van der Waals surface area contributed by atoms with Crippen molar-refractivity contribution in [3.63, 3.8) is 0 Å². The SMILES string of the molecule is CC(C)(C)OC(=O)N1CCC(NC(=O)c2n[nH]c3ccc(-c4ccccc4F)cc23)CC1. The molecule has 168 valence electrons. The number of carbonyl (C=O) groups excluding carboxylic acids is 2. The molecular weight excluding hydrogens is 411 g/mol. The molecule has 1 saturated heterocycles. The minimum atomic E-state index is -0.537. The number of hydrogen-bond donors (Lipinski definition) is 2. The van der Waals surface area contributed by atoms with Gasteiger partial charge >= 0.3 is 6.09 Å². The van der Waals surface area contributed by atoms with E-state index in [4.69, 9.17) is 4.74 Å². The Hall–Kier alpha value is -3.42. The average Bonchev–Trinajstić information content (AvgIpc) is 3.17. The van der Waals surface area contributed by atoms with E-state index < -0.39 is 5.60 Å². The Labute approximate surface area is 185 Å². The highest BCUT2D eigenvalue weighted by atomic mass is 19.1. The number of benzene rings is 2. The lowest BCUT2D eigenvalue weighted by Gasteiger charge is -2.33. The molecule has 0 spiro atoms. The van der Waals surface area contributed by atoms with Crippen LogP contribution in [0.2, 0.25) is 0 Å². The normalized spacial score (nSPS) is 15.1. The summed E-state index contributed by atoms with van der Waals surface area (Å²) in [5.41, 5.74) is 1.58. The number of hydrogen-bond acceptors (Lipinski definition) is 4. The molecule has 1 fully saturated rings. The number of nitrogens with zero attached hydrogens (tertiary/aromatic N) is 2. The van der Waals surface area contributed by atoms with Crippen LogP contribution in [0, 0.1) is 5.82 Å². The Balaban J connectivity index is 1.44. The quantitative estimate of drug-likeness (QED) is 0.630. The molecule has 1 aromatic heterocycles. The maximum absolute atomic E-state index is 14.2. The summed E-state index contributed by atoms with van der Waals surface area (Å²) in [7, 11) is 0. The Bertz CT molecular complexity index is 1140. The second kappa shape index (κ2) is 8.61. The van der Waals surface area contributed by atoms with Gasteiger partial charge < -0.3 is 15.0 Å². The van der Waals surface area contributed by atoms with Crippen LogP contribution in [-0.2, 0) is 4.74 Å². The zero-order chi connectivity index (χ0) is 22.9. The minimum absolute atomic E-state index is 0.0670. The third kappa shape index (κ3) is 4.74. The molecule has 2 heterocycles. The molecule has 2 amide bonds. The molecule has 3 aromatic rings. The number of halogens is 1. The van der Waals surface area contributed by atoms with E-state index in [1.54, 1.807) is 41.3 Å². The van der Waals surface area contributed by atoms with E-state index in [-0.39, 0.29) is 29.6 Å². The number of ether oxygens (including phenoxy) is 1. The van der Waals surface area contributed by atoms with Crippen molar-refractivity contribution < 1.29 is 18.7 Å². The van der Waals surface area contributed by atoms with E-state index in [0.717, 1.165) is 0 Å². The van der Waals surface area contributed by atoms with Gasteiger partial charge in [-0.05, 0) is 57.4 Å². The number of likely N-dealkylation sites (tertiary alicyclic amines) is 1. The number of H-pyrrole nitrogens is 1. The summed E-state index contributed by atoms with van der Waals surface area (Å²) >= 11 is 0. The van der Waals surface area contributed by atoms with E-state index in [1.165, 1.54) is 6.07 Å². The predicted molar refractivity (Wildman–Crippen MR) is 120 cm³/mol. The van der Waals surface area contributed by atoms with Crippen molar-refractivity contribution in [2.45, 2.75) is 45.3 Å². The van der Waals surface area contributed by atoms with Crippen LogP contribution in [0.3, 0.4) is 0 Å². The summed E-state index contributed by atoms with van der Waals surface area (Å²) in [5, 5.41) is 10.7. The fraction of sp³-hybridized carbons (Fsp3) is 0.375. The van der Waals surface area contributed by atoms with Crippen molar-refractivity contribution in [3.05, 3.63) is 54.0 Å². The summed E-state index contributed by atoms with van der Waals surface area (Å²) in [6.45, 7) is 6.54. The molecule has 0 bridgehead atoms. The number of fused-ring (bicyclic) bond motifs is 1. The molecule has 0 radical (unpaired) electrons. The largest absolute Gasteiger partial charge is 0.444 e. The molecular formula is C24H27FN4O3. The summed E-state index contributed by atoms with van der Waals surface area (Å²) in [4.78, 5) is 26.8. The maximum atomic E-state index is 14.2. The first kappa shape index (κ1) is 21.8. The molecule has 32 heavy (non-hydrogen) atoms. The van der Waals surface area contributed by atoms with E-state index in [2.05, 4.69) is 15.5 Å². The standard InChI is InChI=1S/C24H27FN4O3/c1-24(2,3)32-23(31)29-12-10-16(11-13-29)26-22(30)21-18-14-15(8-9-20(18)27-28-21)17-6-4-5-7-19(17)25/h4-9,14,16H,10-13H2,1-3H3,(H,26,30)(H,27,28). The average molecular weight is 439 g/mol. The number of amides is 2. The first-order chi connectivity index (χ1) is 15.2. The van der Waals surface area contributed by atoms with E-state index >= 15 is 0 Å². The van der Waals surface area contributed by atoms with Gasteiger partial charge in [0.25, 0.3) is 5.91 Å². The van der Waals surface area contributed by atoms with Crippen LogP contribution >= 0.6 is 0 Å². The van der Waals surface area contributed by atoms with E-state index in [0.29, 0.717) is 48.0 Å². The number of piperidine rings is 1. The van der Waals surface area contributed by atoms with Crippen LogP contribution in [0.5, 0.6) is 0 Å². The van der Waals surface area contributed by atoms with Crippen LogP contribution in [-0.4, -0.2) is 51.8 Å². The van der Waals surface area contributed by atoms with E-state index in [9.17, 15) is 14.0 Å². The van der Waals surface area contributed by atoms with Crippen LogP contribution in [0.1, 0.15) is 44.1 Å². The molecule has 2 aromatic carbocycles. The van der Waals surface area contributed by atoms with Gasteiger partial charge in [0.15, 0.2) is 5.69 Å². The van der Waals surface area contributed by atoms with Crippen molar-refractivity contribution in [1.82, 2.24) is 20.4 Å². The maximum Gasteiger partial charge on any atom is 0.410 e. The summed E-state index contributed by atoms with van der Waals surface area (Å²) in [6, 6.07) is 11.8. The van der Waals surface area contributed by atoms with Crippen molar-refractivity contribution in [2.75, 3.05) is 13.1 Å². The van der Waals surface area contributed by atoms with Crippen LogP contribution in [0.25, 0.3) is 22.0 Å². The van der Waals surface area contributed by atoms with Gasteiger partial charge in [-0.1, -0.05) is 24.3 Å². The van der Waals surface area contributed by atoms with Crippen LogP contribution < -0.4 is 5.32 Å². The molecule has 1 aliphatic heterocycles. The summed E-state index contributed by atoms with van der Waals surface area (Å²) in [5.74, 6) is -0.615. The zero-order valence-electron chi connectivity index (χ0n) is 18.4. The summed E-state index contributed by atoms with van der Waals surface area (Å²) < 4.78 is 19.6. The van der Waals surface area contributed by atoms with Gasteiger partial charge in [-0.25, -0.2) is 9.18 Å². The molecule has 4 rings (SSSR count). The highest BCUT2D eigenvalue weighted by Gasteiger charge is 2.28. The zero-order valence-corrected chi connectivity index (χ0v) is 18.4. The molecule has 8 heteroatoms. The lowest BCUT2D eigenvalue weighted by atomic mass is 10.0. The van der Waals surface area contributed by atoms with Gasteiger partial charge in [0, 0.05) is 30.1 Å². The van der Waals surface area contributed by atoms with Gasteiger partial charge in [0.2, 0.25) is 0 Å². The van der Waals surface area contributed by atoms with E-state index in [1.807, 2.05) is 20.8 Å². The van der Waals surface area contributed by atoms with Crippen LogP contribution in [0.4, 0.5) is 9.18 Å². The van der Waals surface area contributed by atoms with Crippen molar-refractivity contribution in [1.29, 1.82) is 0 Å². The number of rotatable bonds is 3. The lowest BCUT2D eigenvalue weighted by Crippen LogP contribution is -2.47. The topological polar surface area (TPSA) is 87.3 Å². The number of aromatic amines is 1. The summed E-state index contributed by atoms with van der Waals surface area (Å²) in [6.07, 6.45) is 0.933. The fourth-order valence-electron chi connectivity index (χ4n) is 3.84. The smallest absolute Gasteiger partial charge is 0.410 e. The van der Waals surface area contributed by atoms with Gasteiger partial charge in [-0.15, -0.1) is 0 Å². The van der Waals surface area contributed by atoms with Crippen LogP contribution in [0.15, 0.2) is 42.5 Å². The lowest BCUT2D eigenvalue weighted by molar-refractivity contribution is 0.0199. The molecule has 0 unspecified atom stereocenters. The Morgan fingerprint density at radius 1 is 1.16 bits per heavy atom. The highest BCUT2D eigenvalue weighted by molar-refractivity contribution is 6.05. The monoisotopic (exact) mass is 438 g/mol. The van der Waals surface area contributed by atoms with Crippen molar-refractivity contribution >= 4 is 22.9 Å². The molecule has 0 atom stereocenters. The van der Waals surface area contributed by atoms with Crippen molar-refractivity contribution in [3.8, 4) is 11.1 Å². The number of carbonyl (C=O) groups is 2. The Kier molecular flexibility index (Phi) is 5.86. The molecule has 1 aliphatic rings. The van der Waals surface area contributed by atoms with Crippen molar-refractivity contribution in [2.24, 2.45) is 0 Å². The highest BCUT2D eigenvalue weighted by Crippen LogP contribution is 2.27. The van der Waals surface area contributed by atoms with Gasteiger partial charge in [-0.3, -0.25) is 9.89 Å². The fourth-order valence-corrected chi connectivity index (χ4v) is 3.84. The third-order valence-corrected chi connectivity index (χ3v) is 5.44. The molecule has 0 aliphatic carbocycles. The molecule has 2 N–H and O–H groups in total. The first-order valence-electron chi connectivity index (χ1n) is 10.7. The van der Waals surface area contributed by atoms with Gasteiger partial charge in [0.05, 0.1) is 5.52 Å². The number of aromatic nitrogens is 2. The second-order valence-electron chi connectivity index (χ2n) is 9.03. The molecule has 7 nitrogen and oxygen atoms in total. The first-order valence-corrected chi connectivity index (χ1v) is 10.7. The second-order valence-corrected chi connectivity index (χ2v) is 9.03. The minimum Gasteiger partial charge on any atom is -0.444 e. The van der Waals surface area contributed by atoms with Gasteiger partial charge in [0.1, 0.15) is 11.4 Å².